The van der Waals surface area contributed by atoms with E-state index in [1.165, 1.54) is 64.2 Å². The number of hydrogen-bond acceptors (Lipinski definition) is 2. The lowest BCUT2D eigenvalue weighted by Gasteiger charge is -2.58. The van der Waals surface area contributed by atoms with Crippen molar-refractivity contribution in [2.24, 2.45) is 35.0 Å². The average molecular weight is 276 g/mol. The smallest absolute Gasteiger partial charge is 0.160 e. The van der Waals surface area contributed by atoms with Crippen molar-refractivity contribution in [2.75, 3.05) is 0 Å². The fourth-order valence-electron chi connectivity index (χ4n) is 7.14. The molecule has 6 fully saturated rings. The Kier molecular flexibility index (Phi) is 2.63. The van der Waals surface area contributed by atoms with Gasteiger partial charge in [-0.1, -0.05) is 0 Å². The fraction of sp³-hybridized carbons (Fsp3) is 1.00. The van der Waals surface area contributed by atoms with Crippen molar-refractivity contribution in [1.29, 1.82) is 0 Å². The summed E-state index contributed by atoms with van der Waals surface area (Å²) in [6.07, 6.45) is 13.4. The van der Waals surface area contributed by atoms with E-state index < -0.39 is 6.29 Å². The molecule has 0 saturated heterocycles. The van der Waals surface area contributed by atoms with E-state index in [2.05, 4.69) is 0 Å². The monoisotopic (exact) mass is 276 g/mol. The van der Waals surface area contributed by atoms with Gasteiger partial charge in [0.1, 0.15) is 0 Å². The Balaban J connectivity index is 1.32. The highest BCUT2D eigenvalue weighted by atomic mass is 16.6. The average Bonchev–Trinajstić information content (AvgIpc) is 2.99. The van der Waals surface area contributed by atoms with Crippen LogP contribution in [0.25, 0.3) is 0 Å². The summed E-state index contributed by atoms with van der Waals surface area (Å²) in [5.41, 5.74) is 0.149. The van der Waals surface area contributed by atoms with Crippen molar-refractivity contribution in [3.63, 3.8) is 0 Å². The molecule has 0 amide bonds. The molecule has 0 radical (unpaired) electrons. The van der Waals surface area contributed by atoms with E-state index in [1.807, 2.05) is 0 Å². The quantitative estimate of drug-likeness (QED) is 0.796. The van der Waals surface area contributed by atoms with Gasteiger partial charge in [-0.3, -0.25) is 0 Å². The van der Waals surface area contributed by atoms with E-state index in [0.29, 0.717) is 6.10 Å². The third kappa shape index (κ3) is 1.76. The maximum atomic E-state index is 10.9. The van der Waals surface area contributed by atoms with Crippen molar-refractivity contribution in [3.8, 4) is 0 Å². The third-order valence-corrected chi connectivity index (χ3v) is 7.59. The molecule has 1 unspecified atom stereocenters. The van der Waals surface area contributed by atoms with Crippen LogP contribution in [0.5, 0.6) is 0 Å². The third-order valence-electron chi connectivity index (χ3n) is 7.59. The van der Waals surface area contributed by atoms with Crippen molar-refractivity contribution in [1.82, 2.24) is 0 Å². The minimum Gasteiger partial charge on any atom is -0.367 e. The number of hydrogen-bond donors (Lipinski definition) is 1. The summed E-state index contributed by atoms with van der Waals surface area (Å²) in [5.74, 6) is 4.38. The summed E-state index contributed by atoms with van der Waals surface area (Å²) in [6.45, 7) is 0. The Morgan fingerprint density at radius 1 is 0.800 bits per heavy atom. The van der Waals surface area contributed by atoms with E-state index >= 15 is 0 Å². The highest BCUT2D eigenvalue weighted by Gasteiger charge is 2.55. The van der Waals surface area contributed by atoms with E-state index in [0.717, 1.165) is 29.6 Å². The molecule has 6 bridgehead atoms. The van der Waals surface area contributed by atoms with Crippen LogP contribution in [0.4, 0.5) is 0 Å². The van der Waals surface area contributed by atoms with E-state index in [-0.39, 0.29) is 5.41 Å². The molecule has 0 aromatic rings. The molecular weight excluding hydrogens is 248 g/mol. The van der Waals surface area contributed by atoms with Crippen molar-refractivity contribution in [2.45, 2.75) is 76.6 Å². The first-order chi connectivity index (χ1) is 9.70. The first-order valence-electron chi connectivity index (χ1n) is 9.04. The molecule has 0 aromatic carbocycles. The molecular formula is C18H28O2. The van der Waals surface area contributed by atoms with Crippen LogP contribution in [0.2, 0.25) is 0 Å². The van der Waals surface area contributed by atoms with E-state index in [9.17, 15) is 5.11 Å². The lowest BCUT2D eigenvalue weighted by Crippen LogP contribution is -2.53. The van der Waals surface area contributed by atoms with Gasteiger partial charge < -0.3 is 9.84 Å². The Labute approximate surface area is 122 Å². The second-order valence-corrected chi connectivity index (χ2v) is 8.98. The summed E-state index contributed by atoms with van der Waals surface area (Å²) < 4.78 is 6.29. The molecule has 1 N–H and O–H groups in total. The van der Waals surface area contributed by atoms with Gasteiger partial charge in [-0.25, -0.2) is 0 Å². The zero-order chi connectivity index (χ0) is 13.3. The van der Waals surface area contributed by atoms with Crippen LogP contribution in [-0.2, 0) is 4.74 Å². The van der Waals surface area contributed by atoms with Crippen LogP contribution in [0.3, 0.4) is 0 Å². The molecule has 4 atom stereocenters. The largest absolute Gasteiger partial charge is 0.367 e. The van der Waals surface area contributed by atoms with Gasteiger partial charge in [0.2, 0.25) is 0 Å². The van der Waals surface area contributed by atoms with Gasteiger partial charge in [0, 0.05) is 5.41 Å². The Morgan fingerprint density at radius 3 is 1.95 bits per heavy atom. The van der Waals surface area contributed by atoms with E-state index in [4.69, 9.17) is 4.74 Å². The minimum absolute atomic E-state index is 0.149. The summed E-state index contributed by atoms with van der Waals surface area (Å²) in [4.78, 5) is 0. The molecule has 6 saturated carbocycles. The van der Waals surface area contributed by atoms with Crippen LogP contribution in [0.15, 0.2) is 0 Å². The lowest BCUT2D eigenvalue weighted by molar-refractivity contribution is -0.251. The molecule has 20 heavy (non-hydrogen) atoms. The predicted molar refractivity (Wildman–Crippen MR) is 76.9 cm³/mol. The SMILES string of the molecule is OC(O[C@@H]1C[C@H]2CC[C@@H]1C2)C12CC3CC(CC(C3)C1)C2. The summed E-state index contributed by atoms with van der Waals surface area (Å²) >= 11 is 0. The number of ether oxygens (including phenoxy) is 1. The molecule has 0 spiro atoms. The molecule has 0 aromatic heterocycles. The van der Waals surface area contributed by atoms with Gasteiger partial charge >= 0.3 is 0 Å². The highest BCUT2D eigenvalue weighted by molar-refractivity contribution is 5.03. The van der Waals surface area contributed by atoms with Gasteiger partial charge in [-0.05, 0) is 93.8 Å². The van der Waals surface area contributed by atoms with Gasteiger partial charge in [0.15, 0.2) is 6.29 Å². The van der Waals surface area contributed by atoms with Gasteiger partial charge in [0.25, 0.3) is 0 Å². The summed E-state index contributed by atoms with van der Waals surface area (Å²) in [7, 11) is 0. The topological polar surface area (TPSA) is 29.5 Å². The van der Waals surface area contributed by atoms with Gasteiger partial charge in [-0.2, -0.15) is 0 Å². The summed E-state index contributed by atoms with van der Waals surface area (Å²) in [6, 6.07) is 0. The molecule has 2 heteroatoms. The standard InChI is InChI=1S/C18H28O2/c19-17(20-16-7-11-1-2-15(16)6-11)18-8-12-3-13(9-18)5-14(4-12)10-18/h11-17,19H,1-10H2/t11-,12?,13?,14?,15+,16+,17?,18?/m0/s1. The first kappa shape index (κ1) is 12.5. The minimum atomic E-state index is -0.458. The van der Waals surface area contributed by atoms with E-state index in [1.54, 1.807) is 0 Å². The molecule has 0 aliphatic heterocycles. The summed E-state index contributed by atoms with van der Waals surface area (Å²) in [5, 5.41) is 10.9. The molecule has 112 valence electrons. The molecule has 6 rings (SSSR count). The second kappa shape index (κ2) is 4.23. The van der Waals surface area contributed by atoms with Crippen LogP contribution in [-0.4, -0.2) is 17.5 Å². The molecule has 6 aliphatic carbocycles. The van der Waals surface area contributed by atoms with Gasteiger partial charge in [-0.15, -0.1) is 0 Å². The molecule has 6 aliphatic rings. The van der Waals surface area contributed by atoms with Crippen molar-refractivity contribution in [3.05, 3.63) is 0 Å². The Hall–Kier alpha value is -0.0800. The highest BCUT2D eigenvalue weighted by Crippen LogP contribution is 2.62. The maximum Gasteiger partial charge on any atom is 0.160 e. The first-order valence-corrected chi connectivity index (χ1v) is 9.04. The lowest BCUT2D eigenvalue weighted by atomic mass is 9.49. The number of fused-ring (bicyclic) bond motifs is 2. The zero-order valence-electron chi connectivity index (χ0n) is 12.5. The number of aliphatic hydroxyl groups excluding tert-OH is 1. The van der Waals surface area contributed by atoms with Gasteiger partial charge in [0.05, 0.1) is 6.10 Å². The number of rotatable bonds is 3. The zero-order valence-corrected chi connectivity index (χ0v) is 12.5. The maximum absolute atomic E-state index is 10.9. The Bertz CT molecular complexity index is 369. The van der Waals surface area contributed by atoms with Crippen LogP contribution in [0, 0.1) is 35.0 Å². The van der Waals surface area contributed by atoms with Crippen LogP contribution >= 0.6 is 0 Å². The Morgan fingerprint density at radius 2 is 1.45 bits per heavy atom. The van der Waals surface area contributed by atoms with Crippen LogP contribution in [0.1, 0.15) is 64.2 Å². The molecule has 2 nitrogen and oxygen atoms in total. The van der Waals surface area contributed by atoms with Crippen LogP contribution < -0.4 is 0 Å². The fourth-order valence-corrected chi connectivity index (χ4v) is 7.14. The van der Waals surface area contributed by atoms with Crippen molar-refractivity contribution >= 4 is 0 Å². The van der Waals surface area contributed by atoms with Crippen molar-refractivity contribution < 1.29 is 9.84 Å². The molecule has 0 heterocycles. The predicted octanol–water partition coefficient (Wildman–Crippen LogP) is 3.73. The normalized spacial score (nSPS) is 57.5. The number of aliphatic hydroxyl groups is 1. The second-order valence-electron chi connectivity index (χ2n) is 8.98.